The molecule has 1 aromatic carbocycles. The molecule has 9 heteroatoms. The molecule has 3 aromatic rings. The molecule has 2 aliphatic rings. The van der Waals surface area contributed by atoms with Gasteiger partial charge >= 0.3 is 0 Å². The summed E-state index contributed by atoms with van der Waals surface area (Å²) in [7, 11) is 0. The van der Waals surface area contributed by atoms with Gasteiger partial charge in [0.05, 0.1) is 18.2 Å². The largest absolute Gasteiger partial charge is 0.329 e. The summed E-state index contributed by atoms with van der Waals surface area (Å²) in [6.45, 7) is 2.83. The number of carbonyl (C=O) groups is 2. The molecule has 2 amide bonds. The first-order chi connectivity index (χ1) is 15.0. The third-order valence-corrected chi connectivity index (χ3v) is 5.61. The van der Waals surface area contributed by atoms with Crippen molar-refractivity contribution in [2.24, 2.45) is 0 Å². The van der Waals surface area contributed by atoms with Crippen LogP contribution >= 0.6 is 0 Å². The first-order valence-corrected chi connectivity index (χ1v) is 10.2. The predicted molar refractivity (Wildman–Crippen MR) is 110 cm³/mol. The Morgan fingerprint density at radius 3 is 2.74 bits per heavy atom. The summed E-state index contributed by atoms with van der Waals surface area (Å²) in [5.41, 5.74) is 0.723. The van der Waals surface area contributed by atoms with E-state index >= 15 is 0 Å². The number of amides is 2. The molecule has 1 aliphatic heterocycles. The minimum Gasteiger partial charge on any atom is -0.329 e. The molecule has 0 bridgehead atoms. The van der Waals surface area contributed by atoms with Crippen LogP contribution in [0.5, 0.6) is 0 Å². The fourth-order valence-corrected chi connectivity index (χ4v) is 4.00. The van der Waals surface area contributed by atoms with Gasteiger partial charge in [-0.25, -0.2) is 4.39 Å². The number of nitrogens with zero attached hydrogens (tertiary/aromatic N) is 5. The lowest BCUT2D eigenvalue weighted by atomic mass is 10.1. The lowest BCUT2D eigenvalue weighted by Gasteiger charge is -2.32. The van der Waals surface area contributed by atoms with Crippen molar-refractivity contribution in [1.29, 1.82) is 0 Å². The van der Waals surface area contributed by atoms with E-state index in [1.807, 2.05) is 6.92 Å². The summed E-state index contributed by atoms with van der Waals surface area (Å²) >= 11 is 0. The standard InChI is InChI=1S/C22H21FN6O2/c1-13-11-28(12-19-26-27-20(29(13)19)14-4-5-14)22(31)16-7-17(23)9-18(8-16)25-21(30)15-3-2-6-24-10-15/h2-3,6-10,13-14H,4-5,11-12H2,1H3,(H,25,30)/t13-/m0/s1. The van der Waals surface area contributed by atoms with E-state index in [0.29, 0.717) is 24.6 Å². The number of halogens is 1. The van der Waals surface area contributed by atoms with Crippen LogP contribution in [-0.4, -0.2) is 43.0 Å². The number of hydrogen-bond acceptors (Lipinski definition) is 5. The Morgan fingerprint density at radius 2 is 2.00 bits per heavy atom. The Balaban J connectivity index is 1.36. The number of rotatable bonds is 4. The van der Waals surface area contributed by atoms with E-state index in [1.54, 1.807) is 23.2 Å². The van der Waals surface area contributed by atoms with E-state index in [1.165, 1.54) is 24.4 Å². The summed E-state index contributed by atoms with van der Waals surface area (Å²) in [4.78, 5) is 31.1. The van der Waals surface area contributed by atoms with Crippen molar-refractivity contribution in [2.75, 3.05) is 11.9 Å². The van der Waals surface area contributed by atoms with E-state index in [4.69, 9.17) is 0 Å². The number of carbonyl (C=O) groups excluding carboxylic acids is 2. The SMILES string of the molecule is C[C@H]1CN(C(=O)c2cc(F)cc(NC(=O)c3cccnc3)c2)Cc2nnc(C3CC3)n21. The fraction of sp³-hybridized carbons (Fsp3) is 0.318. The second-order valence-corrected chi connectivity index (χ2v) is 8.08. The zero-order valence-corrected chi connectivity index (χ0v) is 17.0. The monoisotopic (exact) mass is 420 g/mol. The van der Waals surface area contributed by atoms with Crippen molar-refractivity contribution in [3.63, 3.8) is 0 Å². The number of hydrogen-bond donors (Lipinski definition) is 1. The summed E-state index contributed by atoms with van der Waals surface area (Å²) in [5.74, 6) is 0.878. The van der Waals surface area contributed by atoms with Gasteiger partial charge in [-0.15, -0.1) is 10.2 Å². The van der Waals surface area contributed by atoms with Gasteiger partial charge in [0.25, 0.3) is 11.8 Å². The molecule has 8 nitrogen and oxygen atoms in total. The summed E-state index contributed by atoms with van der Waals surface area (Å²) in [6, 6.07) is 7.13. The summed E-state index contributed by atoms with van der Waals surface area (Å²) in [5, 5.41) is 11.2. The smallest absolute Gasteiger partial charge is 0.257 e. The Hall–Kier alpha value is -3.62. The third kappa shape index (κ3) is 3.78. The first-order valence-electron chi connectivity index (χ1n) is 10.2. The van der Waals surface area contributed by atoms with Crippen LogP contribution in [0.1, 0.15) is 64.1 Å². The average molecular weight is 420 g/mol. The van der Waals surface area contributed by atoms with Gasteiger partial charge in [-0.1, -0.05) is 0 Å². The molecule has 5 rings (SSSR count). The molecular weight excluding hydrogens is 399 g/mol. The van der Waals surface area contributed by atoms with Crippen LogP contribution in [0.2, 0.25) is 0 Å². The molecule has 1 N–H and O–H groups in total. The first kappa shape index (κ1) is 19.3. The van der Waals surface area contributed by atoms with Gasteiger partial charge in [0.1, 0.15) is 11.6 Å². The normalized spacial score (nSPS) is 17.9. The van der Waals surface area contributed by atoms with Gasteiger partial charge in [-0.05, 0) is 50.1 Å². The van der Waals surface area contributed by atoms with Gasteiger partial charge in [-0.3, -0.25) is 14.6 Å². The van der Waals surface area contributed by atoms with Crippen LogP contribution in [0.15, 0.2) is 42.7 Å². The molecule has 31 heavy (non-hydrogen) atoms. The quantitative estimate of drug-likeness (QED) is 0.700. The minimum atomic E-state index is -0.600. The highest BCUT2D eigenvalue weighted by Crippen LogP contribution is 2.41. The van der Waals surface area contributed by atoms with Crippen LogP contribution in [0.25, 0.3) is 0 Å². The van der Waals surface area contributed by atoms with E-state index < -0.39 is 11.7 Å². The third-order valence-electron chi connectivity index (χ3n) is 5.61. The molecule has 3 heterocycles. The second-order valence-electron chi connectivity index (χ2n) is 8.08. The number of aromatic nitrogens is 4. The number of benzene rings is 1. The Kier molecular flexibility index (Phi) is 4.72. The van der Waals surface area contributed by atoms with E-state index in [-0.39, 0.29) is 23.2 Å². The van der Waals surface area contributed by atoms with Crippen molar-refractivity contribution >= 4 is 17.5 Å². The van der Waals surface area contributed by atoms with E-state index in [2.05, 4.69) is 25.1 Å². The Bertz CT molecular complexity index is 1160. The zero-order chi connectivity index (χ0) is 21.5. The zero-order valence-electron chi connectivity index (χ0n) is 17.0. The van der Waals surface area contributed by atoms with Crippen molar-refractivity contribution in [3.05, 3.63) is 71.3 Å². The maximum atomic E-state index is 14.3. The van der Waals surface area contributed by atoms with Crippen molar-refractivity contribution in [2.45, 2.75) is 38.3 Å². The highest BCUT2D eigenvalue weighted by Gasteiger charge is 2.35. The molecule has 1 aliphatic carbocycles. The summed E-state index contributed by atoms with van der Waals surface area (Å²) < 4.78 is 16.4. The molecule has 0 unspecified atom stereocenters. The number of pyridine rings is 1. The topological polar surface area (TPSA) is 93.0 Å². The highest BCUT2D eigenvalue weighted by molar-refractivity contribution is 6.05. The number of fused-ring (bicyclic) bond motifs is 1. The van der Waals surface area contributed by atoms with Crippen LogP contribution in [0.3, 0.4) is 0 Å². The van der Waals surface area contributed by atoms with Crippen LogP contribution < -0.4 is 5.32 Å². The fourth-order valence-electron chi connectivity index (χ4n) is 4.00. The van der Waals surface area contributed by atoms with Gasteiger partial charge in [0, 0.05) is 36.1 Å². The maximum Gasteiger partial charge on any atom is 0.257 e. The van der Waals surface area contributed by atoms with Crippen LogP contribution in [-0.2, 0) is 6.54 Å². The predicted octanol–water partition coefficient (Wildman–Crippen LogP) is 3.16. The maximum absolute atomic E-state index is 14.3. The highest BCUT2D eigenvalue weighted by atomic mass is 19.1. The molecule has 158 valence electrons. The minimum absolute atomic E-state index is 0.0385. The average Bonchev–Trinajstić information content (AvgIpc) is 3.52. The Labute approximate surface area is 178 Å². The van der Waals surface area contributed by atoms with E-state index in [0.717, 1.165) is 24.5 Å². The van der Waals surface area contributed by atoms with Gasteiger partial charge in [0.2, 0.25) is 0 Å². The van der Waals surface area contributed by atoms with Crippen LogP contribution in [0, 0.1) is 5.82 Å². The van der Waals surface area contributed by atoms with Crippen molar-refractivity contribution in [3.8, 4) is 0 Å². The molecule has 0 saturated heterocycles. The van der Waals surface area contributed by atoms with Crippen molar-refractivity contribution in [1.82, 2.24) is 24.6 Å². The lowest BCUT2D eigenvalue weighted by molar-refractivity contribution is 0.0679. The summed E-state index contributed by atoms with van der Waals surface area (Å²) in [6.07, 6.45) is 5.24. The molecule has 1 atom stereocenters. The molecule has 1 saturated carbocycles. The van der Waals surface area contributed by atoms with Gasteiger partial charge < -0.3 is 14.8 Å². The van der Waals surface area contributed by atoms with Gasteiger partial charge in [0.15, 0.2) is 5.82 Å². The van der Waals surface area contributed by atoms with Crippen LogP contribution in [0.4, 0.5) is 10.1 Å². The van der Waals surface area contributed by atoms with E-state index in [9.17, 15) is 14.0 Å². The number of anilines is 1. The second kappa shape index (κ2) is 7.57. The molecule has 2 aromatic heterocycles. The molecule has 0 radical (unpaired) electrons. The molecule has 1 fully saturated rings. The van der Waals surface area contributed by atoms with Gasteiger partial charge in [-0.2, -0.15) is 0 Å². The Morgan fingerprint density at radius 1 is 1.16 bits per heavy atom. The molecule has 0 spiro atoms. The number of nitrogens with one attached hydrogen (secondary N) is 1. The van der Waals surface area contributed by atoms with Crippen molar-refractivity contribution < 1.29 is 14.0 Å². The molecular formula is C22H21FN6O2. The lowest BCUT2D eigenvalue weighted by Crippen LogP contribution is -2.40.